The molecule has 2 unspecified atom stereocenters. The van der Waals surface area contributed by atoms with Gasteiger partial charge in [0.2, 0.25) is 0 Å². The molecule has 0 radical (unpaired) electrons. The maximum absolute atomic E-state index is 5.90. The van der Waals surface area contributed by atoms with E-state index in [9.17, 15) is 0 Å². The predicted octanol–water partition coefficient (Wildman–Crippen LogP) is 2.90. The van der Waals surface area contributed by atoms with Crippen LogP contribution in [0.4, 0.5) is 0 Å². The molecule has 0 bridgehead atoms. The molecule has 0 saturated carbocycles. The summed E-state index contributed by atoms with van der Waals surface area (Å²) in [5, 5.41) is 3.42. The first kappa shape index (κ1) is 13.1. The summed E-state index contributed by atoms with van der Waals surface area (Å²) in [6.07, 6.45) is 3.01. The van der Waals surface area contributed by atoms with E-state index in [1.54, 1.807) is 0 Å². The van der Waals surface area contributed by atoms with Crippen LogP contribution in [0.1, 0.15) is 22.9 Å². The number of aromatic nitrogens is 1. The summed E-state index contributed by atoms with van der Waals surface area (Å²) in [4.78, 5) is 4.41. The molecule has 3 nitrogen and oxygen atoms in total. The molecule has 1 N–H and O–H groups in total. The average molecular weight is 268 g/mol. The number of hydrogen-bond donors (Lipinski definition) is 1. The van der Waals surface area contributed by atoms with Crippen LogP contribution in [0.2, 0.25) is 0 Å². The fourth-order valence-corrected chi connectivity index (χ4v) is 2.90. The molecule has 0 fully saturated rings. The Morgan fingerprint density at radius 2 is 2.10 bits per heavy atom. The van der Waals surface area contributed by atoms with Gasteiger partial charge in [0.05, 0.1) is 6.61 Å². The van der Waals surface area contributed by atoms with Crippen molar-refractivity contribution in [1.29, 1.82) is 0 Å². The van der Waals surface area contributed by atoms with Crippen LogP contribution in [0.15, 0.2) is 42.6 Å². The molecule has 0 spiro atoms. The van der Waals surface area contributed by atoms with E-state index in [1.165, 1.54) is 11.1 Å². The van der Waals surface area contributed by atoms with Gasteiger partial charge >= 0.3 is 0 Å². The van der Waals surface area contributed by atoms with E-state index in [4.69, 9.17) is 4.74 Å². The zero-order valence-electron chi connectivity index (χ0n) is 12.0. The van der Waals surface area contributed by atoms with Crippen molar-refractivity contribution in [3.63, 3.8) is 0 Å². The first-order valence-electron chi connectivity index (χ1n) is 7.08. The topological polar surface area (TPSA) is 34.2 Å². The predicted molar refractivity (Wildman–Crippen MR) is 79.9 cm³/mol. The zero-order chi connectivity index (χ0) is 13.9. The summed E-state index contributed by atoms with van der Waals surface area (Å²) in [6, 6.07) is 12.8. The second-order valence-electron chi connectivity index (χ2n) is 5.38. The molecule has 0 amide bonds. The van der Waals surface area contributed by atoms with Gasteiger partial charge in [0.15, 0.2) is 0 Å². The largest absolute Gasteiger partial charge is 0.493 e. The molecule has 3 heteroatoms. The van der Waals surface area contributed by atoms with E-state index in [0.717, 1.165) is 24.5 Å². The first-order chi connectivity index (χ1) is 9.78. The third-order valence-electron chi connectivity index (χ3n) is 3.98. The van der Waals surface area contributed by atoms with Crippen LogP contribution >= 0.6 is 0 Å². The van der Waals surface area contributed by atoms with Crippen molar-refractivity contribution in [2.45, 2.75) is 19.4 Å². The summed E-state index contributed by atoms with van der Waals surface area (Å²) in [6.45, 7) is 2.76. The highest BCUT2D eigenvalue weighted by atomic mass is 16.5. The molecule has 3 rings (SSSR count). The van der Waals surface area contributed by atoms with E-state index in [2.05, 4.69) is 34.6 Å². The van der Waals surface area contributed by atoms with Gasteiger partial charge in [-0.15, -0.1) is 0 Å². The van der Waals surface area contributed by atoms with Gasteiger partial charge in [-0.3, -0.25) is 4.98 Å². The maximum Gasteiger partial charge on any atom is 0.122 e. The molecule has 0 saturated heterocycles. The van der Waals surface area contributed by atoms with E-state index in [0.29, 0.717) is 5.92 Å². The molecule has 1 aliphatic rings. The highest BCUT2D eigenvalue weighted by Gasteiger charge is 2.27. The Morgan fingerprint density at radius 1 is 1.25 bits per heavy atom. The third kappa shape index (κ3) is 2.54. The van der Waals surface area contributed by atoms with Crippen molar-refractivity contribution in [1.82, 2.24) is 10.3 Å². The Bertz CT molecular complexity index is 580. The van der Waals surface area contributed by atoms with Crippen molar-refractivity contribution >= 4 is 0 Å². The standard InChI is InChI=1S/C17H20N2O/c1-12-7-8-14(10-19-12)17(18-2)15-9-13-5-3-4-6-16(13)20-11-15/h3-8,10,15,17-18H,9,11H2,1-2H3. The Balaban J connectivity index is 1.83. The Hall–Kier alpha value is -1.87. The maximum atomic E-state index is 5.90. The summed E-state index contributed by atoms with van der Waals surface area (Å²) in [5.74, 6) is 1.46. The number of para-hydroxylation sites is 1. The minimum atomic E-state index is 0.274. The fraction of sp³-hybridized carbons (Fsp3) is 0.353. The minimum absolute atomic E-state index is 0.274. The molecule has 104 valence electrons. The van der Waals surface area contributed by atoms with E-state index in [-0.39, 0.29) is 6.04 Å². The lowest BCUT2D eigenvalue weighted by atomic mass is 9.87. The van der Waals surface area contributed by atoms with Gasteiger partial charge in [-0.1, -0.05) is 24.3 Å². The monoisotopic (exact) mass is 268 g/mol. The molecule has 0 aliphatic carbocycles. The fourth-order valence-electron chi connectivity index (χ4n) is 2.90. The van der Waals surface area contributed by atoms with Crippen molar-refractivity contribution < 1.29 is 4.74 Å². The van der Waals surface area contributed by atoms with Gasteiger partial charge in [-0.2, -0.15) is 0 Å². The summed E-state index contributed by atoms with van der Waals surface area (Å²) in [5.41, 5.74) is 3.57. The number of fused-ring (bicyclic) bond motifs is 1. The normalized spacial score (nSPS) is 19.0. The molecule has 1 aromatic heterocycles. The summed E-state index contributed by atoms with van der Waals surface area (Å²) in [7, 11) is 2.00. The van der Waals surface area contributed by atoms with E-state index >= 15 is 0 Å². The Labute approximate surface area is 120 Å². The van der Waals surface area contributed by atoms with Gasteiger partial charge in [-0.25, -0.2) is 0 Å². The number of hydrogen-bond acceptors (Lipinski definition) is 3. The number of benzene rings is 1. The van der Waals surface area contributed by atoms with Crippen molar-refractivity contribution in [2.24, 2.45) is 5.92 Å². The van der Waals surface area contributed by atoms with Gasteiger partial charge < -0.3 is 10.1 Å². The zero-order valence-corrected chi connectivity index (χ0v) is 12.0. The van der Waals surface area contributed by atoms with E-state index < -0.39 is 0 Å². The number of nitrogens with zero attached hydrogens (tertiary/aromatic N) is 1. The highest BCUT2D eigenvalue weighted by molar-refractivity contribution is 5.35. The number of ether oxygens (including phenoxy) is 1. The minimum Gasteiger partial charge on any atom is -0.493 e. The lowest BCUT2D eigenvalue weighted by molar-refractivity contribution is 0.188. The van der Waals surface area contributed by atoms with Gasteiger partial charge in [0.25, 0.3) is 0 Å². The molecule has 1 aromatic carbocycles. The average Bonchev–Trinajstić information content (AvgIpc) is 2.50. The van der Waals surface area contributed by atoms with Crippen molar-refractivity contribution in [3.05, 3.63) is 59.4 Å². The molecular formula is C17H20N2O. The Kier molecular flexibility index (Phi) is 3.70. The van der Waals surface area contributed by atoms with Crippen LogP contribution in [0.5, 0.6) is 5.75 Å². The number of nitrogens with one attached hydrogen (secondary N) is 1. The third-order valence-corrected chi connectivity index (χ3v) is 3.98. The SMILES string of the molecule is CNC(c1ccc(C)nc1)C1COc2ccccc2C1. The first-order valence-corrected chi connectivity index (χ1v) is 7.08. The lowest BCUT2D eigenvalue weighted by Crippen LogP contribution is -2.33. The second-order valence-corrected chi connectivity index (χ2v) is 5.38. The summed E-state index contributed by atoms with van der Waals surface area (Å²) < 4.78 is 5.90. The number of pyridine rings is 1. The van der Waals surface area contributed by atoms with Crippen molar-refractivity contribution in [2.75, 3.05) is 13.7 Å². The summed E-state index contributed by atoms with van der Waals surface area (Å²) >= 11 is 0. The van der Waals surface area contributed by atoms with Crippen LogP contribution < -0.4 is 10.1 Å². The van der Waals surface area contributed by atoms with Crippen LogP contribution in [-0.4, -0.2) is 18.6 Å². The van der Waals surface area contributed by atoms with Crippen LogP contribution in [0, 0.1) is 12.8 Å². The molecule has 1 aliphatic heterocycles. The molecule has 2 heterocycles. The molecule has 2 aromatic rings. The molecular weight excluding hydrogens is 248 g/mol. The second kappa shape index (κ2) is 5.63. The van der Waals surface area contributed by atoms with Crippen LogP contribution in [-0.2, 0) is 6.42 Å². The number of rotatable bonds is 3. The number of aryl methyl sites for hydroxylation is 1. The Morgan fingerprint density at radius 3 is 2.85 bits per heavy atom. The van der Waals surface area contributed by atoms with Gasteiger partial charge in [-0.05, 0) is 43.7 Å². The van der Waals surface area contributed by atoms with Crippen LogP contribution in [0.3, 0.4) is 0 Å². The van der Waals surface area contributed by atoms with Gasteiger partial charge in [0.1, 0.15) is 5.75 Å². The van der Waals surface area contributed by atoms with Crippen molar-refractivity contribution in [3.8, 4) is 5.75 Å². The molecule has 20 heavy (non-hydrogen) atoms. The van der Waals surface area contributed by atoms with Crippen LogP contribution in [0.25, 0.3) is 0 Å². The smallest absolute Gasteiger partial charge is 0.122 e. The molecule has 2 atom stereocenters. The highest BCUT2D eigenvalue weighted by Crippen LogP contribution is 2.33. The lowest BCUT2D eigenvalue weighted by Gasteiger charge is -2.31. The van der Waals surface area contributed by atoms with E-state index in [1.807, 2.05) is 32.3 Å². The quantitative estimate of drug-likeness (QED) is 0.929. The van der Waals surface area contributed by atoms with Gasteiger partial charge in [0, 0.05) is 23.9 Å².